The van der Waals surface area contributed by atoms with Crippen LogP contribution in [0.3, 0.4) is 0 Å². The summed E-state index contributed by atoms with van der Waals surface area (Å²) in [4.78, 5) is 14.3. The van der Waals surface area contributed by atoms with Crippen molar-refractivity contribution in [1.82, 2.24) is 10.2 Å². The topological polar surface area (TPSA) is 58.4 Å². The molecule has 1 saturated carbocycles. The molecule has 1 aliphatic carbocycles. The van der Waals surface area contributed by atoms with Gasteiger partial charge in [-0.1, -0.05) is 13.3 Å². The van der Waals surface area contributed by atoms with E-state index >= 15 is 0 Å². The van der Waals surface area contributed by atoms with E-state index in [1.54, 1.807) is 0 Å². The Morgan fingerprint density at radius 1 is 1.32 bits per heavy atom. The van der Waals surface area contributed by atoms with Gasteiger partial charge in [0.2, 0.25) is 5.91 Å². The van der Waals surface area contributed by atoms with Crippen LogP contribution in [-0.4, -0.2) is 43.0 Å². The number of likely N-dealkylation sites (tertiary alicyclic amines) is 1. The predicted octanol–water partition coefficient (Wildman–Crippen LogP) is 1.35. The normalized spacial score (nSPS) is 23.9. The SMILES string of the molecule is CC(CNC(=O)CC(N)C1CC1)CN1CCCCC1. The van der Waals surface area contributed by atoms with Crippen LogP contribution in [0, 0.1) is 11.8 Å². The fourth-order valence-corrected chi connectivity index (χ4v) is 2.91. The smallest absolute Gasteiger partial charge is 0.221 e. The van der Waals surface area contributed by atoms with Gasteiger partial charge in [-0.25, -0.2) is 0 Å². The molecular formula is C15H29N3O. The lowest BCUT2D eigenvalue weighted by Crippen LogP contribution is -2.39. The highest BCUT2D eigenvalue weighted by Crippen LogP contribution is 2.32. The number of carbonyl (C=O) groups is 1. The monoisotopic (exact) mass is 267 g/mol. The number of rotatable bonds is 7. The molecule has 110 valence electrons. The largest absolute Gasteiger partial charge is 0.356 e. The molecular weight excluding hydrogens is 238 g/mol. The van der Waals surface area contributed by atoms with E-state index in [1.165, 1.54) is 45.2 Å². The highest BCUT2D eigenvalue weighted by molar-refractivity contribution is 5.76. The summed E-state index contributed by atoms with van der Waals surface area (Å²) in [6.45, 7) is 6.56. The molecule has 2 rings (SSSR count). The second-order valence-electron chi connectivity index (χ2n) is 6.48. The van der Waals surface area contributed by atoms with Crippen LogP contribution in [0.1, 0.15) is 45.4 Å². The third-order valence-electron chi connectivity index (χ3n) is 4.31. The third kappa shape index (κ3) is 5.49. The maximum Gasteiger partial charge on any atom is 0.221 e. The van der Waals surface area contributed by atoms with E-state index in [4.69, 9.17) is 5.73 Å². The summed E-state index contributed by atoms with van der Waals surface area (Å²) in [5.41, 5.74) is 5.97. The second-order valence-corrected chi connectivity index (χ2v) is 6.48. The number of carbonyl (C=O) groups excluding carboxylic acids is 1. The molecule has 0 bridgehead atoms. The van der Waals surface area contributed by atoms with Gasteiger partial charge in [-0.05, 0) is 50.6 Å². The summed E-state index contributed by atoms with van der Waals surface area (Å²) in [7, 11) is 0. The molecule has 1 saturated heterocycles. The Hall–Kier alpha value is -0.610. The Labute approximate surface area is 117 Å². The van der Waals surface area contributed by atoms with E-state index < -0.39 is 0 Å². The molecule has 0 aromatic heterocycles. The molecule has 0 spiro atoms. The number of nitrogens with zero attached hydrogens (tertiary/aromatic N) is 1. The summed E-state index contributed by atoms with van der Waals surface area (Å²) in [6, 6.07) is 0.0809. The molecule has 19 heavy (non-hydrogen) atoms. The van der Waals surface area contributed by atoms with Gasteiger partial charge >= 0.3 is 0 Å². The predicted molar refractivity (Wildman–Crippen MR) is 77.8 cm³/mol. The van der Waals surface area contributed by atoms with Crippen LogP contribution in [0.2, 0.25) is 0 Å². The molecule has 1 amide bonds. The van der Waals surface area contributed by atoms with Crippen molar-refractivity contribution in [3.8, 4) is 0 Å². The van der Waals surface area contributed by atoms with E-state index in [1.807, 2.05) is 0 Å². The minimum absolute atomic E-state index is 0.0809. The quantitative estimate of drug-likeness (QED) is 0.732. The van der Waals surface area contributed by atoms with Crippen molar-refractivity contribution in [3.05, 3.63) is 0 Å². The molecule has 0 aromatic carbocycles. The Kier molecular flexibility index (Phi) is 5.64. The van der Waals surface area contributed by atoms with Crippen LogP contribution in [0.25, 0.3) is 0 Å². The van der Waals surface area contributed by atoms with Crippen LogP contribution < -0.4 is 11.1 Å². The van der Waals surface area contributed by atoms with Crippen LogP contribution in [0.4, 0.5) is 0 Å². The fraction of sp³-hybridized carbons (Fsp3) is 0.933. The first kappa shape index (κ1) is 14.8. The van der Waals surface area contributed by atoms with Gasteiger partial charge < -0.3 is 16.0 Å². The average molecular weight is 267 g/mol. The van der Waals surface area contributed by atoms with Crippen LogP contribution >= 0.6 is 0 Å². The molecule has 2 aliphatic rings. The zero-order valence-electron chi connectivity index (χ0n) is 12.2. The number of hydrogen-bond acceptors (Lipinski definition) is 3. The van der Waals surface area contributed by atoms with E-state index in [0.717, 1.165) is 13.1 Å². The highest BCUT2D eigenvalue weighted by Gasteiger charge is 2.29. The van der Waals surface area contributed by atoms with Crippen LogP contribution in [-0.2, 0) is 4.79 Å². The number of hydrogen-bond donors (Lipinski definition) is 2. The van der Waals surface area contributed by atoms with Crippen LogP contribution in [0.15, 0.2) is 0 Å². The highest BCUT2D eigenvalue weighted by atomic mass is 16.1. The van der Waals surface area contributed by atoms with Gasteiger partial charge in [-0.3, -0.25) is 4.79 Å². The standard InChI is InChI=1S/C15H29N3O/c1-12(11-18-7-3-2-4-8-18)10-17-15(19)9-14(16)13-5-6-13/h12-14H,2-11,16H2,1H3,(H,17,19). The van der Waals surface area contributed by atoms with Crippen LogP contribution in [0.5, 0.6) is 0 Å². The summed E-state index contributed by atoms with van der Waals surface area (Å²) in [6.07, 6.45) is 6.95. The molecule has 4 heteroatoms. The summed E-state index contributed by atoms with van der Waals surface area (Å²) in [5, 5.41) is 3.04. The average Bonchev–Trinajstić information content (AvgIpc) is 3.22. The lowest BCUT2D eigenvalue weighted by atomic mass is 10.1. The maximum atomic E-state index is 11.8. The Morgan fingerprint density at radius 3 is 2.63 bits per heavy atom. The van der Waals surface area contributed by atoms with Gasteiger partial charge in [0.05, 0.1) is 0 Å². The zero-order valence-corrected chi connectivity index (χ0v) is 12.2. The molecule has 2 unspecified atom stereocenters. The maximum absolute atomic E-state index is 11.8. The lowest BCUT2D eigenvalue weighted by Gasteiger charge is -2.29. The first-order valence-electron chi connectivity index (χ1n) is 7.90. The van der Waals surface area contributed by atoms with Crippen molar-refractivity contribution in [2.24, 2.45) is 17.6 Å². The summed E-state index contributed by atoms with van der Waals surface area (Å²) in [5.74, 6) is 1.26. The van der Waals surface area contributed by atoms with Gasteiger partial charge in [0.25, 0.3) is 0 Å². The fourth-order valence-electron chi connectivity index (χ4n) is 2.91. The van der Waals surface area contributed by atoms with Gasteiger partial charge in [0.15, 0.2) is 0 Å². The molecule has 1 aliphatic heterocycles. The van der Waals surface area contributed by atoms with Gasteiger partial charge in [0, 0.05) is 25.6 Å². The van der Waals surface area contributed by atoms with Crippen molar-refractivity contribution in [2.75, 3.05) is 26.2 Å². The zero-order chi connectivity index (χ0) is 13.7. The summed E-state index contributed by atoms with van der Waals surface area (Å²) < 4.78 is 0. The van der Waals surface area contributed by atoms with Crippen molar-refractivity contribution in [2.45, 2.75) is 51.5 Å². The Bertz CT molecular complexity index is 285. The van der Waals surface area contributed by atoms with E-state index in [2.05, 4.69) is 17.1 Å². The van der Waals surface area contributed by atoms with Crippen molar-refractivity contribution in [3.63, 3.8) is 0 Å². The van der Waals surface area contributed by atoms with Crippen molar-refractivity contribution >= 4 is 5.91 Å². The van der Waals surface area contributed by atoms with E-state index in [0.29, 0.717) is 18.3 Å². The van der Waals surface area contributed by atoms with Gasteiger partial charge in [-0.15, -0.1) is 0 Å². The number of amides is 1. The molecule has 2 fully saturated rings. The minimum Gasteiger partial charge on any atom is -0.356 e. The number of nitrogens with two attached hydrogens (primary N) is 1. The summed E-state index contributed by atoms with van der Waals surface area (Å²) >= 11 is 0. The van der Waals surface area contributed by atoms with Crippen molar-refractivity contribution < 1.29 is 4.79 Å². The van der Waals surface area contributed by atoms with Gasteiger partial charge in [-0.2, -0.15) is 0 Å². The number of piperidine rings is 1. The second kappa shape index (κ2) is 7.25. The van der Waals surface area contributed by atoms with Crippen molar-refractivity contribution in [1.29, 1.82) is 0 Å². The third-order valence-corrected chi connectivity index (χ3v) is 4.31. The van der Waals surface area contributed by atoms with E-state index in [-0.39, 0.29) is 11.9 Å². The number of nitrogens with one attached hydrogen (secondary N) is 1. The Balaban J connectivity index is 1.56. The molecule has 4 nitrogen and oxygen atoms in total. The Morgan fingerprint density at radius 2 is 2.00 bits per heavy atom. The molecule has 0 aromatic rings. The molecule has 0 radical (unpaired) electrons. The van der Waals surface area contributed by atoms with Gasteiger partial charge in [0.1, 0.15) is 0 Å². The minimum atomic E-state index is 0.0809. The molecule has 1 heterocycles. The molecule has 2 atom stereocenters. The lowest BCUT2D eigenvalue weighted by molar-refractivity contribution is -0.121. The molecule has 3 N–H and O–H groups in total. The first-order chi connectivity index (χ1) is 9.15. The van der Waals surface area contributed by atoms with E-state index in [9.17, 15) is 4.79 Å². The first-order valence-corrected chi connectivity index (χ1v) is 7.90.